The highest BCUT2D eigenvalue weighted by molar-refractivity contribution is 5.85. The number of amides is 1. The molecule has 114 valence electrons. The second-order valence-electron chi connectivity index (χ2n) is 6.58. The number of rotatable bonds is 2. The maximum Gasteiger partial charge on any atom is 0.412 e. The number of hydrogen-bond acceptors (Lipinski definition) is 3. The Morgan fingerprint density at radius 1 is 1.24 bits per heavy atom. The molecular weight excluding hydrogens is 266 g/mol. The minimum atomic E-state index is -0.507. The second-order valence-corrected chi connectivity index (χ2v) is 6.58. The molecule has 1 aromatic rings. The van der Waals surface area contributed by atoms with Crippen LogP contribution in [0, 0.1) is 5.92 Å². The summed E-state index contributed by atoms with van der Waals surface area (Å²) in [4.78, 5) is 22.7. The van der Waals surface area contributed by atoms with Gasteiger partial charge in [-0.05, 0) is 69.7 Å². The zero-order valence-corrected chi connectivity index (χ0v) is 12.9. The molecule has 0 spiro atoms. The van der Waals surface area contributed by atoms with Gasteiger partial charge in [0.1, 0.15) is 11.9 Å². The highest BCUT2D eigenvalue weighted by atomic mass is 16.6. The summed E-state index contributed by atoms with van der Waals surface area (Å²) >= 11 is 0. The van der Waals surface area contributed by atoms with Crippen LogP contribution in [0.4, 0.5) is 10.5 Å². The first-order valence-corrected chi connectivity index (χ1v) is 7.44. The molecule has 1 atom stereocenters. The number of aldehydes is 1. The van der Waals surface area contributed by atoms with Gasteiger partial charge in [-0.3, -0.25) is 5.32 Å². The maximum absolute atomic E-state index is 11.8. The predicted octanol–water partition coefficient (Wildman–Crippen LogP) is 3.73. The van der Waals surface area contributed by atoms with Gasteiger partial charge >= 0.3 is 6.09 Å². The highest BCUT2D eigenvalue weighted by Gasteiger charge is 2.18. The average Bonchev–Trinajstić information content (AvgIpc) is 2.58. The Hall–Kier alpha value is -1.84. The van der Waals surface area contributed by atoms with Gasteiger partial charge in [-0.15, -0.1) is 0 Å². The molecule has 1 aliphatic rings. The fourth-order valence-electron chi connectivity index (χ4n) is 2.56. The lowest BCUT2D eigenvalue weighted by Crippen LogP contribution is -2.27. The molecule has 0 aromatic heterocycles. The Bertz CT molecular complexity index is 531. The highest BCUT2D eigenvalue weighted by Crippen LogP contribution is 2.26. The third kappa shape index (κ3) is 4.59. The Morgan fingerprint density at radius 2 is 1.90 bits per heavy atom. The number of benzene rings is 1. The van der Waals surface area contributed by atoms with Gasteiger partial charge in [0, 0.05) is 11.6 Å². The Labute approximate surface area is 125 Å². The summed E-state index contributed by atoms with van der Waals surface area (Å²) in [6, 6.07) is 5.92. The number of carbonyl (C=O) groups excluding carboxylic acids is 2. The third-order valence-corrected chi connectivity index (χ3v) is 3.61. The molecule has 1 amide bonds. The molecule has 21 heavy (non-hydrogen) atoms. The van der Waals surface area contributed by atoms with Crippen molar-refractivity contribution in [2.24, 2.45) is 5.92 Å². The van der Waals surface area contributed by atoms with E-state index in [1.807, 2.05) is 39.0 Å². The number of anilines is 1. The molecule has 4 heteroatoms. The molecular formula is C17H23NO3. The van der Waals surface area contributed by atoms with Gasteiger partial charge in [-0.25, -0.2) is 4.79 Å². The summed E-state index contributed by atoms with van der Waals surface area (Å²) in [6.45, 7) is 5.51. The molecule has 0 saturated heterocycles. The minimum Gasteiger partial charge on any atom is -0.444 e. The van der Waals surface area contributed by atoms with Crippen molar-refractivity contribution in [3.8, 4) is 0 Å². The molecule has 4 nitrogen and oxygen atoms in total. The van der Waals surface area contributed by atoms with E-state index in [9.17, 15) is 9.59 Å². The second kappa shape index (κ2) is 6.29. The Balaban J connectivity index is 2.06. The number of hydrogen-bond donors (Lipinski definition) is 1. The van der Waals surface area contributed by atoms with Gasteiger partial charge in [0.15, 0.2) is 0 Å². The first-order chi connectivity index (χ1) is 9.87. The van der Waals surface area contributed by atoms with Crippen LogP contribution in [0.5, 0.6) is 0 Å². The van der Waals surface area contributed by atoms with Crippen LogP contribution < -0.4 is 5.32 Å². The van der Waals surface area contributed by atoms with Crippen molar-refractivity contribution in [2.75, 3.05) is 5.32 Å². The quantitative estimate of drug-likeness (QED) is 0.666. The van der Waals surface area contributed by atoms with Crippen molar-refractivity contribution in [1.29, 1.82) is 0 Å². The van der Waals surface area contributed by atoms with Crippen LogP contribution in [-0.4, -0.2) is 18.0 Å². The van der Waals surface area contributed by atoms with Gasteiger partial charge in [0.05, 0.1) is 0 Å². The zero-order chi connectivity index (χ0) is 15.5. The van der Waals surface area contributed by atoms with Crippen LogP contribution in [0.1, 0.15) is 44.7 Å². The number of ether oxygens (including phenoxy) is 1. The predicted molar refractivity (Wildman–Crippen MR) is 82.5 cm³/mol. The fraction of sp³-hybridized carbons (Fsp3) is 0.529. The van der Waals surface area contributed by atoms with Gasteiger partial charge in [0.2, 0.25) is 0 Å². The lowest BCUT2D eigenvalue weighted by Gasteiger charge is -2.20. The molecule has 0 radical (unpaired) electrons. The summed E-state index contributed by atoms with van der Waals surface area (Å²) in [5.74, 6) is 0.152. The van der Waals surface area contributed by atoms with Crippen molar-refractivity contribution >= 4 is 18.1 Å². The monoisotopic (exact) mass is 289 g/mol. The van der Waals surface area contributed by atoms with E-state index in [0.717, 1.165) is 37.7 Å². The molecule has 0 bridgehead atoms. The smallest absolute Gasteiger partial charge is 0.412 e. The van der Waals surface area contributed by atoms with E-state index in [2.05, 4.69) is 5.32 Å². The van der Waals surface area contributed by atoms with E-state index in [1.165, 1.54) is 11.1 Å². The minimum absolute atomic E-state index is 0.152. The van der Waals surface area contributed by atoms with Gasteiger partial charge < -0.3 is 9.53 Å². The number of carbonyl (C=O) groups is 2. The molecule has 0 aliphatic heterocycles. The zero-order valence-electron chi connectivity index (χ0n) is 12.9. The van der Waals surface area contributed by atoms with E-state index >= 15 is 0 Å². The van der Waals surface area contributed by atoms with Crippen LogP contribution in [0.25, 0.3) is 0 Å². The van der Waals surface area contributed by atoms with Gasteiger partial charge in [0.25, 0.3) is 0 Å². The Kier molecular flexibility index (Phi) is 4.66. The van der Waals surface area contributed by atoms with Crippen molar-refractivity contribution in [3.05, 3.63) is 29.3 Å². The van der Waals surface area contributed by atoms with Crippen LogP contribution in [-0.2, 0) is 22.4 Å². The first kappa shape index (κ1) is 15.5. The number of fused-ring (bicyclic) bond motifs is 1. The van der Waals surface area contributed by atoms with E-state index in [1.54, 1.807) is 0 Å². The van der Waals surface area contributed by atoms with Gasteiger partial charge in [-0.2, -0.15) is 0 Å². The normalized spacial score (nSPS) is 18.3. The molecule has 0 heterocycles. The summed E-state index contributed by atoms with van der Waals surface area (Å²) in [7, 11) is 0. The molecule has 1 aliphatic carbocycles. The number of aryl methyl sites for hydroxylation is 2. The van der Waals surface area contributed by atoms with Crippen molar-refractivity contribution in [3.63, 3.8) is 0 Å². The van der Waals surface area contributed by atoms with Crippen molar-refractivity contribution in [2.45, 2.75) is 52.1 Å². The maximum atomic E-state index is 11.8. The third-order valence-electron chi connectivity index (χ3n) is 3.61. The molecule has 0 saturated carbocycles. The summed E-state index contributed by atoms with van der Waals surface area (Å²) in [6.07, 6.45) is 4.21. The van der Waals surface area contributed by atoms with Crippen LogP contribution >= 0.6 is 0 Å². The molecule has 0 fully saturated rings. The molecule has 1 N–H and O–H groups in total. The van der Waals surface area contributed by atoms with Crippen LogP contribution in [0.3, 0.4) is 0 Å². The Morgan fingerprint density at radius 3 is 2.52 bits per heavy atom. The van der Waals surface area contributed by atoms with E-state index < -0.39 is 11.7 Å². The summed E-state index contributed by atoms with van der Waals surface area (Å²) < 4.78 is 5.25. The summed E-state index contributed by atoms with van der Waals surface area (Å²) in [5, 5.41) is 2.76. The standard InChI is InChI=1S/C17H23NO3/c1-17(2,3)21-16(20)18-15-9-8-13-6-4-12(11-19)5-7-14(13)10-15/h8-12H,4-7H2,1-3H3,(H,18,20). The first-order valence-electron chi connectivity index (χ1n) is 7.44. The lowest BCUT2D eigenvalue weighted by atomic mass is 10.0. The van der Waals surface area contributed by atoms with Gasteiger partial charge in [-0.1, -0.05) is 6.07 Å². The van der Waals surface area contributed by atoms with Crippen molar-refractivity contribution in [1.82, 2.24) is 0 Å². The SMILES string of the molecule is CC(C)(C)OC(=O)Nc1ccc2c(c1)CCC(C=O)CC2. The van der Waals surface area contributed by atoms with E-state index in [0.29, 0.717) is 0 Å². The molecule has 2 rings (SSSR count). The van der Waals surface area contributed by atoms with Crippen LogP contribution in [0.15, 0.2) is 18.2 Å². The lowest BCUT2D eigenvalue weighted by molar-refractivity contribution is -0.111. The van der Waals surface area contributed by atoms with E-state index in [4.69, 9.17) is 4.74 Å². The van der Waals surface area contributed by atoms with Crippen molar-refractivity contribution < 1.29 is 14.3 Å². The summed E-state index contributed by atoms with van der Waals surface area (Å²) in [5.41, 5.74) is 2.72. The topological polar surface area (TPSA) is 55.4 Å². The average molecular weight is 289 g/mol. The fourth-order valence-corrected chi connectivity index (χ4v) is 2.56. The molecule has 1 unspecified atom stereocenters. The van der Waals surface area contributed by atoms with E-state index in [-0.39, 0.29) is 5.92 Å². The largest absolute Gasteiger partial charge is 0.444 e. The van der Waals surface area contributed by atoms with Crippen LogP contribution in [0.2, 0.25) is 0 Å². The number of nitrogens with one attached hydrogen (secondary N) is 1. The molecule has 1 aromatic carbocycles.